The van der Waals surface area contributed by atoms with Crippen LogP contribution in [0.1, 0.15) is 77.6 Å². The fourth-order valence-electron chi connectivity index (χ4n) is 4.11. The second-order valence-corrected chi connectivity index (χ2v) is 10.2. The van der Waals surface area contributed by atoms with E-state index in [9.17, 15) is 0 Å². The van der Waals surface area contributed by atoms with Crippen molar-refractivity contribution in [1.82, 2.24) is 0 Å². The van der Waals surface area contributed by atoms with Gasteiger partial charge in [0, 0.05) is 6.61 Å². The van der Waals surface area contributed by atoms with E-state index in [-0.39, 0.29) is 0 Å². The van der Waals surface area contributed by atoms with E-state index in [1.807, 2.05) is 24.3 Å². The summed E-state index contributed by atoms with van der Waals surface area (Å²) in [6, 6.07) is 7.41. The van der Waals surface area contributed by atoms with E-state index in [2.05, 4.69) is 6.92 Å². The van der Waals surface area contributed by atoms with Gasteiger partial charge in [0.05, 0.1) is 91.6 Å². The first-order chi connectivity index (χ1) is 20.8. The lowest BCUT2D eigenvalue weighted by molar-refractivity contribution is -0.0212. The monoisotopic (exact) mass is 599 g/mol. The first-order valence-corrected chi connectivity index (χ1v) is 16.4. The lowest BCUT2D eigenvalue weighted by Crippen LogP contribution is -2.15. The summed E-state index contributed by atoms with van der Waals surface area (Å²) in [6.07, 6.45) is 14.9. The summed E-state index contributed by atoms with van der Waals surface area (Å²) in [5, 5.41) is 0. The molecule has 0 saturated carbocycles. The van der Waals surface area contributed by atoms with Crippen molar-refractivity contribution >= 4 is 5.69 Å². The van der Waals surface area contributed by atoms with E-state index >= 15 is 0 Å². The second kappa shape index (κ2) is 32.5. The number of nitrogen functional groups attached to an aromatic ring is 1. The summed E-state index contributed by atoms with van der Waals surface area (Å²) in [5.41, 5.74) is 6.45. The van der Waals surface area contributed by atoms with Crippen molar-refractivity contribution in [2.75, 3.05) is 105 Å². The highest BCUT2D eigenvalue weighted by Crippen LogP contribution is 2.19. The molecule has 0 atom stereocenters. The van der Waals surface area contributed by atoms with Crippen molar-refractivity contribution < 1.29 is 37.9 Å². The van der Waals surface area contributed by atoms with Gasteiger partial charge < -0.3 is 43.6 Å². The Labute approximate surface area is 256 Å². The van der Waals surface area contributed by atoms with Crippen LogP contribution in [0, 0.1) is 0 Å². The van der Waals surface area contributed by atoms with Gasteiger partial charge in [0.1, 0.15) is 12.4 Å². The molecule has 42 heavy (non-hydrogen) atoms. The van der Waals surface area contributed by atoms with E-state index in [0.29, 0.717) is 104 Å². The van der Waals surface area contributed by atoms with Crippen LogP contribution >= 0.6 is 0 Å². The molecule has 0 fully saturated rings. The van der Waals surface area contributed by atoms with Gasteiger partial charge in [-0.1, -0.05) is 83.3 Å². The molecular formula is C33H61NO8. The van der Waals surface area contributed by atoms with Gasteiger partial charge in [-0.15, -0.1) is 0 Å². The first kappa shape index (κ1) is 38.6. The van der Waals surface area contributed by atoms with Gasteiger partial charge in [0.15, 0.2) is 0 Å². The average Bonchev–Trinajstić information content (AvgIpc) is 3.00. The summed E-state index contributed by atoms with van der Waals surface area (Å²) >= 11 is 0. The van der Waals surface area contributed by atoms with Gasteiger partial charge in [-0.05, 0) is 18.6 Å². The van der Waals surface area contributed by atoms with Gasteiger partial charge in [0.2, 0.25) is 0 Å². The largest absolute Gasteiger partial charge is 0.489 e. The molecular weight excluding hydrogens is 538 g/mol. The molecule has 0 saturated heterocycles. The second-order valence-electron chi connectivity index (χ2n) is 10.2. The van der Waals surface area contributed by atoms with Crippen LogP contribution in [0.3, 0.4) is 0 Å². The fourth-order valence-corrected chi connectivity index (χ4v) is 4.11. The third-order valence-corrected chi connectivity index (χ3v) is 6.53. The third-order valence-electron chi connectivity index (χ3n) is 6.53. The third kappa shape index (κ3) is 27.4. The molecule has 1 aromatic rings. The maximum atomic E-state index is 5.82. The molecule has 9 nitrogen and oxygen atoms in total. The van der Waals surface area contributed by atoms with E-state index in [1.165, 1.54) is 64.2 Å². The molecule has 9 heteroatoms. The predicted octanol–water partition coefficient (Wildman–Crippen LogP) is 6.07. The SMILES string of the molecule is CCCCCCCCCCCCCOCCOCCOCCOCCOCCOCCOCCOc1ccccc1N. The molecule has 246 valence electrons. The number of hydrogen-bond donors (Lipinski definition) is 1. The Hall–Kier alpha value is -1.46. The number of para-hydroxylation sites is 2. The number of unbranched alkanes of at least 4 members (excludes halogenated alkanes) is 10. The molecule has 0 amide bonds. The van der Waals surface area contributed by atoms with E-state index in [1.54, 1.807) is 0 Å². The number of benzene rings is 1. The summed E-state index contributed by atoms with van der Waals surface area (Å²) < 4.78 is 44.2. The van der Waals surface area contributed by atoms with Crippen LogP contribution in [0.15, 0.2) is 24.3 Å². The molecule has 0 bridgehead atoms. The van der Waals surface area contributed by atoms with Crippen LogP contribution in [-0.2, 0) is 33.2 Å². The van der Waals surface area contributed by atoms with Crippen molar-refractivity contribution in [1.29, 1.82) is 0 Å². The van der Waals surface area contributed by atoms with Gasteiger partial charge in [-0.3, -0.25) is 0 Å². The topological polar surface area (TPSA) is 99.9 Å². The van der Waals surface area contributed by atoms with Gasteiger partial charge in [0.25, 0.3) is 0 Å². The highest BCUT2D eigenvalue weighted by atomic mass is 16.6. The lowest BCUT2D eigenvalue weighted by atomic mass is 10.1. The van der Waals surface area contributed by atoms with Crippen molar-refractivity contribution in [2.45, 2.75) is 77.6 Å². The Balaban J connectivity index is 1.63. The maximum Gasteiger partial charge on any atom is 0.142 e. The number of nitrogens with two attached hydrogens (primary N) is 1. The molecule has 0 aliphatic heterocycles. The number of rotatable bonds is 34. The standard InChI is InChI=1S/C33H61NO8/c1-2-3-4-5-6-7-8-9-10-11-14-17-35-18-19-36-20-21-37-22-23-38-24-25-39-26-27-40-28-29-41-30-31-42-33-16-13-12-15-32(33)34/h12-13,15-16H,2-11,14,17-31,34H2,1H3. The zero-order valence-electron chi connectivity index (χ0n) is 26.5. The normalized spacial score (nSPS) is 11.4. The van der Waals surface area contributed by atoms with E-state index in [4.69, 9.17) is 43.6 Å². The van der Waals surface area contributed by atoms with Crippen molar-refractivity contribution in [3.8, 4) is 5.75 Å². The minimum Gasteiger partial charge on any atom is -0.489 e. The molecule has 1 aromatic carbocycles. The Kier molecular flexibility index (Phi) is 29.8. The highest BCUT2D eigenvalue weighted by molar-refractivity contribution is 5.51. The fraction of sp³-hybridized carbons (Fsp3) is 0.818. The highest BCUT2D eigenvalue weighted by Gasteiger charge is 1.99. The van der Waals surface area contributed by atoms with Crippen LogP contribution in [0.2, 0.25) is 0 Å². The summed E-state index contributed by atoms with van der Waals surface area (Å²) in [4.78, 5) is 0. The molecule has 0 aliphatic rings. The maximum absolute atomic E-state index is 5.82. The number of anilines is 1. The molecule has 0 aromatic heterocycles. The smallest absolute Gasteiger partial charge is 0.142 e. The average molecular weight is 600 g/mol. The van der Waals surface area contributed by atoms with E-state index < -0.39 is 0 Å². The van der Waals surface area contributed by atoms with Crippen LogP contribution in [0.25, 0.3) is 0 Å². The molecule has 0 unspecified atom stereocenters. The van der Waals surface area contributed by atoms with E-state index in [0.717, 1.165) is 13.0 Å². The molecule has 1 rings (SSSR count). The van der Waals surface area contributed by atoms with Crippen LogP contribution in [0.5, 0.6) is 5.75 Å². The zero-order valence-corrected chi connectivity index (χ0v) is 26.5. The van der Waals surface area contributed by atoms with Crippen LogP contribution in [-0.4, -0.2) is 99.1 Å². The van der Waals surface area contributed by atoms with Crippen LogP contribution in [0.4, 0.5) is 5.69 Å². The molecule has 0 spiro atoms. The van der Waals surface area contributed by atoms with Crippen molar-refractivity contribution in [3.05, 3.63) is 24.3 Å². The van der Waals surface area contributed by atoms with Crippen LogP contribution < -0.4 is 10.5 Å². The Morgan fingerprint density at radius 2 is 0.738 bits per heavy atom. The van der Waals surface area contributed by atoms with Gasteiger partial charge in [-0.25, -0.2) is 0 Å². The minimum atomic E-state index is 0.450. The zero-order chi connectivity index (χ0) is 30.0. The van der Waals surface area contributed by atoms with Gasteiger partial charge in [-0.2, -0.15) is 0 Å². The molecule has 0 aliphatic carbocycles. The summed E-state index contributed by atoms with van der Waals surface area (Å²) in [6.45, 7) is 10.7. The molecule has 0 heterocycles. The number of hydrogen-bond acceptors (Lipinski definition) is 9. The minimum absolute atomic E-state index is 0.450. The molecule has 0 radical (unpaired) electrons. The summed E-state index contributed by atoms with van der Waals surface area (Å²) in [5.74, 6) is 0.678. The molecule has 2 N–H and O–H groups in total. The predicted molar refractivity (Wildman–Crippen MR) is 169 cm³/mol. The quantitative estimate of drug-likeness (QED) is 0.0747. The van der Waals surface area contributed by atoms with Crippen molar-refractivity contribution in [2.24, 2.45) is 0 Å². The Morgan fingerprint density at radius 3 is 1.14 bits per heavy atom. The van der Waals surface area contributed by atoms with Gasteiger partial charge >= 0.3 is 0 Å². The Morgan fingerprint density at radius 1 is 0.405 bits per heavy atom. The first-order valence-electron chi connectivity index (χ1n) is 16.4. The summed E-state index contributed by atoms with van der Waals surface area (Å²) in [7, 11) is 0. The lowest BCUT2D eigenvalue weighted by Gasteiger charge is -2.09. The Bertz CT molecular complexity index is 667. The van der Waals surface area contributed by atoms with Crippen molar-refractivity contribution in [3.63, 3.8) is 0 Å². The number of ether oxygens (including phenoxy) is 8.